The Morgan fingerprint density at radius 1 is 1.50 bits per heavy atom. The topological polar surface area (TPSA) is 68.8 Å². The van der Waals surface area contributed by atoms with Gasteiger partial charge in [-0.05, 0) is 6.92 Å². The first-order valence-corrected chi connectivity index (χ1v) is 5.22. The Kier molecular flexibility index (Phi) is 3.31. The van der Waals surface area contributed by atoms with Crippen molar-refractivity contribution in [1.29, 1.82) is 0 Å². The second kappa shape index (κ2) is 4.89. The van der Waals surface area contributed by atoms with Crippen LogP contribution in [0.4, 0.5) is 0 Å². The average Bonchev–Trinajstić information content (AvgIpc) is 2.87. The van der Waals surface area contributed by atoms with Crippen LogP contribution in [0.15, 0.2) is 23.1 Å². The molecule has 1 N–H and O–H groups in total. The molecule has 0 fully saturated rings. The molecule has 16 heavy (non-hydrogen) atoms. The van der Waals surface area contributed by atoms with Crippen molar-refractivity contribution in [2.75, 3.05) is 0 Å². The Balaban J connectivity index is 1.77. The quantitative estimate of drug-likeness (QED) is 0.807. The lowest BCUT2D eigenvalue weighted by atomic mass is 10.3. The zero-order chi connectivity index (χ0) is 11.4. The molecule has 1 unspecified atom stereocenters. The summed E-state index contributed by atoms with van der Waals surface area (Å²) >= 11 is 0. The monoisotopic (exact) mass is 221 g/mol. The van der Waals surface area contributed by atoms with Gasteiger partial charge in [-0.15, -0.1) is 10.2 Å². The smallest absolute Gasteiger partial charge is 0.230 e. The molecule has 2 rings (SSSR count). The summed E-state index contributed by atoms with van der Waals surface area (Å²) in [7, 11) is 0. The van der Waals surface area contributed by atoms with Gasteiger partial charge >= 0.3 is 0 Å². The number of hydrogen-bond donors (Lipinski definition) is 1. The van der Waals surface area contributed by atoms with E-state index >= 15 is 0 Å². The minimum atomic E-state index is 0.321. The maximum absolute atomic E-state index is 5.27. The van der Waals surface area contributed by atoms with E-state index in [4.69, 9.17) is 4.42 Å². The molecule has 2 heterocycles. The standard InChI is InChI=1S/C10H15N5O/c1-8(6-15-4-3-11-7-15)12-5-10-14-13-9(2)16-10/h3-4,7-8,12H,5-6H2,1-2H3. The number of rotatable bonds is 5. The first kappa shape index (κ1) is 10.8. The normalized spacial score (nSPS) is 12.9. The van der Waals surface area contributed by atoms with Crippen molar-refractivity contribution in [3.8, 4) is 0 Å². The van der Waals surface area contributed by atoms with E-state index in [0.717, 1.165) is 6.54 Å². The minimum Gasteiger partial charge on any atom is -0.424 e. The molecule has 0 saturated heterocycles. The number of aromatic nitrogens is 4. The van der Waals surface area contributed by atoms with E-state index in [2.05, 4.69) is 27.4 Å². The highest BCUT2D eigenvalue weighted by Crippen LogP contribution is 1.98. The van der Waals surface area contributed by atoms with Crippen molar-refractivity contribution in [2.45, 2.75) is 33.0 Å². The summed E-state index contributed by atoms with van der Waals surface area (Å²) < 4.78 is 7.29. The maximum atomic E-state index is 5.27. The van der Waals surface area contributed by atoms with Gasteiger partial charge in [0.1, 0.15) is 0 Å². The Hall–Kier alpha value is -1.69. The van der Waals surface area contributed by atoms with E-state index in [1.54, 1.807) is 19.4 Å². The molecule has 0 radical (unpaired) electrons. The molecule has 86 valence electrons. The fourth-order valence-corrected chi connectivity index (χ4v) is 1.45. The number of hydrogen-bond acceptors (Lipinski definition) is 5. The van der Waals surface area contributed by atoms with Gasteiger partial charge in [0, 0.05) is 31.9 Å². The molecular formula is C10H15N5O. The number of nitrogens with zero attached hydrogens (tertiary/aromatic N) is 4. The van der Waals surface area contributed by atoms with Crippen molar-refractivity contribution >= 4 is 0 Å². The third-order valence-electron chi connectivity index (χ3n) is 2.21. The van der Waals surface area contributed by atoms with Crippen molar-refractivity contribution in [3.63, 3.8) is 0 Å². The van der Waals surface area contributed by atoms with E-state index in [1.807, 2.05) is 10.8 Å². The third kappa shape index (κ3) is 2.90. The molecule has 6 nitrogen and oxygen atoms in total. The summed E-state index contributed by atoms with van der Waals surface area (Å²) in [6, 6.07) is 0.321. The highest BCUT2D eigenvalue weighted by molar-refractivity contribution is 4.80. The SMILES string of the molecule is Cc1nnc(CNC(C)Cn2ccnc2)o1. The molecule has 2 aromatic rings. The Bertz CT molecular complexity index is 422. The van der Waals surface area contributed by atoms with Crippen LogP contribution in [0.5, 0.6) is 0 Å². The van der Waals surface area contributed by atoms with Gasteiger partial charge in [-0.25, -0.2) is 4.98 Å². The zero-order valence-electron chi connectivity index (χ0n) is 9.42. The van der Waals surface area contributed by atoms with Gasteiger partial charge in [-0.3, -0.25) is 0 Å². The van der Waals surface area contributed by atoms with Crippen LogP contribution in [-0.2, 0) is 13.1 Å². The van der Waals surface area contributed by atoms with Crippen LogP contribution in [-0.4, -0.2) is 25.8 Å². The summed E-state index contributed by atoms with van der Waals surface area (Å²) in [6.07, 6.45) is 5.51. The molecule has 0 aliphatic carbocycles. The minimum absolute atomic E-state index is 0.321. The fraction of sp³-hybridized carbons (Fsp3) is 0.500. The van der Waals surface area contributed by atoms with Gasteiger partial charge in [0.05, 0.1) is 12.9 Å². The summed E-state index contributed by atoms with van der Waals surface area (Å²) in [5, 5.41) is 11.0. The zero-order valence-corrected chi connectivity index (χ0v) is 9.42. The highest BCUT2D eigenvalue weighted by atomic mass is 16.4. The van der Waals surface area contributed by atoms with Crippen LogP contribution in [0.1, 0.15) is 18.7 Å². The van der Waals surface area contributed by atoms with Gasteiger partial charge in [0.15, 0.2) is 0 Å². The van der Waals surface area contributed by atoms with Crippen LogP contribution < -0.4 is 5.32 Å². The third-order valence-corrected chi connectivity index (χ3v) is 2.21. The van der Waals surface area contributed by atoms with Crippen LogP contribution in [0.2, 0.25) is 0 Å². The van der Waals surface area contributed by atoms with Gasteiger partial charge in [-0.1, -0.05) is 0 Å². The maximum Gasteiger partial charge on any atom is 0.230 e. The highest BCUT2D eigenvalue weighted by Gasteiger charge is 2.05. The van der Waals surface area contributed by atoms with E-state index in [0.29, 0.717) is 24.4 Å². The van der Waals surface area contributed by atoms with Crippen LogP contribution in [0.3, 0.4) is 0 Å². The van der Waals surface area contributed by atoms with Gasteiger partial charge in [0.2, 0.25) is 11.8 Å². The Morgan fingerprint density at radius 2 is 2.38 bits per heavy atom. The summed E-state index contributed by atoms with van der Waals surface area (Å²) in [5.41, 5.74) is 0. The van der Waals surface area contributed by atoms with Crippen LogP contribution >= 0.6 is 0 Å². The van der Waals surface area contributed by atoms with E-state index in [9.17, 15) is 0 Å². The molecular weight excluding hydrogens is 206 g/mol. The molecule has 0 aliphatic rings. The predicted molar refractivity (Wildman–Crippen MR) is 57.6 cm³/mol. The molecule has 0 amide bonds. The second-order valence-electron chi connectivity index (χ2n) is 3.76. The molecule has 6 heteroatoms. The molecule has 0 aromatic carbocycles. The Morgan fingerprint density at radius 3 is 3.00 bits per heavy atom. The van der Waals surface area contributed by atoms with Gasteiger partial charge in [-0.2, -0.15) is 0 Å². The van der Waals surface area contributed by atoms with E-state index < -0.39 is 0 Å². The van der Waals surface area contributed by atoms with Crippen LogP contribution in [0, 0.1) is 6.92 Å². The lowest BCUT2D eigenvalue weighted by molar-refractivity contribution is 0.408. The van der Waals surface area contributed by atoms with Crippen molar-refractivity contribution in [1.82, 2.24) is 25.1 Å². The second-order valence-corrected chi connectivity index (χ2v) is 3.76. The molecule has 0 aliphatic heterocycles. The molecule has 0 bridgehead atoms. The van der Waals surface area contributed by atoms with E-state index in [-0.39, 0.29) is 0 Å². The number of nitrogens with one attached hydrogen (secondary N) is 1. The first-order valence-electron chi connectivity index (χ1n) is 5.22. The van der Waals surface area contributed by atoms with E-state index in [1.165, 1.54) is 0 Å². The predicted octanol–water partition coefficient (Wildman–Crippen LogP) is 0.753. The summed E-state index contributed by atoms with van der Waals surface area (Å²) in [6.45, 7) is 5.35. The molecule has 1 atom stereocenters. The van der Waals surface area contributed by atoms with Crippen molar-refractivity contribution in [2.24, 2.45) is 0 Å². The number of aryl methyl sites for hydroxylation is 1. The average molecular weight is 221 g/mol. The summed E-state index contributed by atoms with van der Waals surface area (Å²) in [4.78, 5) is 3.99. The fourth-order valence-electron chi connectivity index (χ4n) is 1.45. The number of imidazole rings is 1. The lowest BCUT2D eigenvalue weighted by Crippen LogP contribution is -2.29. The van der Waals surface area contributed by atoms with Crippen LogP contribution in [0.25, 0.3) is 0 Å². The summed E-state index contributed by atoms with van der Waals surface area (Å²) in [5.74, 6) is 1.22. The molecule has 2 aromatic heterocycles. The van der Waals surface area contributed by atoms with Crippen molar-refractivity contribution in [3.05, 3.63) is 30.5 Å². The lowest BCUT2D eigenvalue weighted by Gasteiger charge is -2.12. The molecule has 0 saturated carbocycles. The van der Waals surface area contributed by atoms with Crippen molar-refractivity contribution < 1.29 is 4.42 Å². The Labute approximate surface area is 93.7 Å². The van der Waals surface area contributed by atoms with Gasteiger partial charge < -0.3 is 14.3 Å². The first-order chi connectivity index (χ1) is 7.74. The largest absolute Gasteiger partial charge is 0.424 e. The van der Waals surface area contributed by atoms with Gasteiger partial charge in [0.25, 0.3) is 0 Å². The molecule has 0 spiro atoms.